The largest absolute Gasteiger partial charge is 0.545 e. The summed E-state index contributed by atoms with van der Waals surface area (Å²) in [5, 5.41) is 11.8. The maximum Gasteiger partial charge on any atom is 0.306 e. The van der Waals surface area contributed by atoms with Gasteiger partial charge in [0.2, 0.25) is 0 Å². The number of carbonyl (C=O) groups excluding carboxylic acids is 3. The van der Waals surface area contributed by atoms with Crippen molar-refractivity contribution in [2.75, 3.05) is 47.5 Å². The minimum Gasteiger partial charge on any atom is -0.545 e. The maximum absolute atomic E-state index is 12.9. The SMILES string of the molecule is CCCCCCCCCCCCCCCCCCCCCCCCCCCCCCCCCCCCCCC(=O)OC(COC(=O)CCCCCCCCCCCCCCCCCCC)COC(OCC[N+](C)(C)C)C(=O)[O-]. The number of aliphatic carboxylic acids is 1. The van der Waals surface area contributed by atoms with E-state index in [1.165, 1.54) is 302 Å². The molecule has 0 aliphatic heterocycles. The molecule has 464 valence electrons. The van der Waals surface area contributed by atoms with Crippen LogP contribution in [-0.2, 0) is 33.3 Å². The number of rotatable bonds is 66. The molecule has 0 aliphatic carbocycles. The smallest absolute Gasteiger partial charge is 0.306 e. The first-order valence-corrected chi connectivity index (χ1v) is 34.7. The lowest BCUT2D eigenvalue weighted by Gasteiger charge is -2.26. The molecule has 0 radical (unpaired) electrons. The fraction of sp³-hybridized carbons (Fsp3) is 0.957. The fourth-order valence-electron chi connectivity index (χ4n) is 10.8. The lowest BCUT2D eigenvalue weighted by atomic mass is 10.0. The Morgan fingerprint density at radius 2 is 0.577 bits per heavy atom. The lowest BCUT2D eigenvalue weighted by Crippen LogP contribution is -2.44. The Morgan fingerprint density at radius 3 is 0.821 bits per heavy atom. The molecule has 9 heteroatoms. The van der Waals surface area contributed by atoms with Crippen LogP contribution in [0.15, 0.2) is 0 Å². The van der Waals surface area contributed by atoms with Gasteiger partial charge in [-0.05, 0) is 12.8 Å². The van der Waals surface area contributed by atoms with Crippen molar-refractivity contribution < 1.29 is 42.9 Å². The number of unbranched alkanes of at least 4 members (excludes halogenated alkanes) is 51. The van der Waals surface area contributed by atoms with Gasteiger partial charge in [-0.15, -0.1) is 0 Å². The Morgan fingerprint density at radius 1 is 0.333 bits per heavy atom. The summed E-state index contributed by atoms with van der Waals surface area (Å²) in [5.41, 5.74) is 0. The number of carbonyl (C=O) groups is 3. The molecule has 0 aliphatic rings. The molecular weight excluding hydrogens is 971 g/mol. The number of quaternary nitrogens is 1. The maximum atomic E-state index is 12.9. The summed E-state index contributed by atoms with van der Waals surface area (Å²) in [4.78, 5) is 37.4. The number of carboxylic acids is 1. The van der Waals surface area contributed by atoms with E-state index in [0.29, 0.717) is 17.4 Å². The van der Waals surface area contributed by atoms with Crippen LogP contribution in [0.1, 0.15) is 367 Å². The van der Waals surface area contributed by atoms with Crippen molar-refractivity contribution in [2.45, 2.75) is 379 Å². The standard InChI is InChI=1S/C69H135NO8/c1-6-8-10-12-14-16-18-20-22-24-25-26-27-28-29-30-31-32-33-34-35-36-37-38-39-40-41-42-44-46-48-50-52-54-56-58-60-67(72)78-65(64-77-69(68(73)74)75-62-61-70(3,4)5)63-76-66(71)59-57-55-53-51-49-47-45-43-23-21-19-17-15-13-11-9-7-2/h65,69H,6-64H2,1-5H3. The predicted octanol–water partition coefficient (Wildman–Crippen LogP) is 19.8. The summed E-state index contributed by atoms with van der Waals surface area (Å²) in [6.45, 7) is 4.83. The first kappa shape index (κ1) is 76.3. The van der Waals surface area contributed by atoms with Crippen LogP contribution < -0.4 is 5.11 Å². The van der Waals surface area contributed by atoms with Gasteiger partial charge in [0.25, 0.3) is 0 Å². The van der Waals surface area contributed by atoms with E-state index in [0.717, 1.165) is 38.5 Å². The normalized spacial score (nSPS) is 12.6. The Hall–Kier alpha value is -1.71. The molecule has 2 unspecified atom stereocenters. The number of likely N-dealkylation sites (N-methyl/N-ethyl adjacent to an activating group) is 1. The third kappa shape index (κ3) is 61.9. The Bertz CT molecular complexity index is 1240. The van der Waals surface area contributed by atoms with E-state index in [-0.39, 0.29) is 32.2 Å². The molecule has 0 saturated heterocycles. The molecular formula is C69H135NO8. The van der Waals surface area contributed by atoms with Crippen LogP contribution in [0.25, 0.3) is 0 Å². The number of ether oxygens (including phenoxy) is 4. The predicted molar refractivity (Wildman–Crippen MR) is 330 cm³/mol. The average molecular weight is 1110 g/mol. The van der Waals surface area contributed by atoms with Gasteiger partial charge in [-0.3, -0.25) is 9.59 Å². The molecule has 0 heterocycles. The average Bonchev–Trinajstić information content (AvgIpc) is 3.41. The zero-order valence-electron chi connectivity index (χ0n) is 53.1. The number of esters is 2. The number of carboxylic acid groups (broad SMARTS) is 1. The van der Waals surface area contributed by atoms with Crippen LogP contribution in [0.4, 0.5) is 0 Å². The summed E-state index contributed by atoms with van der Waals surface area (Å²) < 4.78 is 22.8. The molecule has 0 N–H and O–H groups in total. The van der Waals surface area contributed by atoms with Crippen molar-refractivity contribution in [3.63, 3.8) is 0 Å². The second kappa shape index (κ2) is 61.4. The molecule has 0 bridgehead atoms. The molecule has 9 nitrogen and oxygen atoms in total. The molecule has 0 aromatic heterocycles. The summed E-state index contributed by atoms with van der Waals surface area (Å²) in [7, 11) is 5.94. The Kier molecular flexibility index (Phi) is 60.0. The van der Waals surface area contributed by atoms with Crippen LogP contribution in [0.3, 0.4) is 0 Å². The van der Waals surface area contributed by atoms with Crippen LogP contribution in [0.5, 0.6) is 0 Å². The highest BCUT2D eigenvalue weighted by molar-refractivity contribution is 5.70. The van der Waals surface area contributed by atoms with Crippen LogP contribution in [0.2, 0.25) is 0 Å². The van der Waals surface area contributed by atoms with Crippen molar-refractivity contribution in [3.05, 3.63) is 0 Å². The van der Waals surface area contributed by atoms with E-state index in [1.807, 2.05) is 21.1 Å². The van der Waals surface area contributed by atoms with E-state index in [1.54, 1.807) is 0 Å². The van der Waals surface area contributed by atoms with E-state index in [4.69, 9.17) is 18.9 Å². The van der Waals surface area contributed by atoms with Crippen molar-refractivity contribution in [1.82, 2.24) is 0 Å². The van der Waals surface area contributed by atoms with Crippen molar-refractivity contribution in [3.8, 4) is 0 Å². The Balaban J connectivity index is 3.95. The molecule has 0 saturated carbocycles. The van der Waals surface area contributed by atoms with Gasteiger partial charge in [0.1, 0.15) is 13.2 Å². The van der Waals surface area contributed by atoms with Crippen molar-refractivity contribution in [1.29, 1.82) is 0 Å². The first-order valence-electron chi connectivity index (χ1n) is 34.7. The molecule has 2 atom stereocenters. The van der Waals surface area contributed by atoms with Gasteiger partial charge in [-0.1, -0.05) is 341 Å². The molecule has 78 heavy (non-hydrogen) atoms. The van der Waals surface area contributed by atoms with Gasteiger partial charge in [0.15, 0.2) is 12.4 Å². The van der Waals surface area contributed by atoms with E-state index in [9.17, 15) is 19.5 Å². The second-order valence-electron chi connectivity index (χ2n) is 25.2. The minimum atomic E-state index is -1.61. The third-order valence-electron chi connectivity index (χ3n) is 16.1. The molecule has 0 spiro atoms. The monoisotopic (exact) mass is 1110 g/mol. The third-order valence-corrected chi connectivity index (χ3v) is 16.1. The van der Waals surface area contributed by atoms with Crippen LogP contribution in [0, 0.1) is 0 Å². The number of hydrogen-bond acceptors (Lipinski definition) is 8. The topological polar surface area (TPSA) is 111 Å². The van der Waals surface area contributed by atoms with Crippen molar-refractivity contribution in [2.24, 2.45) is 0 Å². The highest BCUT2D eigenvalue weighted by Gasteiger charge is 2.22. The summed E-state index contributed by atoms with van der Waals surface area (Å²) in [6, 6.07) is 0. The van der Waals surface area contributed by atoms with Gasteiger partial charge < -0.3 is 33.3 Å². The molecule has 0 aromatic carbocycles. The van der Waals surface area contributed by atoms with Gasteiger partial charge >= 0.3 is 11.9 Å². The molecule has 0 rings (SSSR count). The molecule has 0 aromatic rings. The lowest BCUT2D eigenvalue weighted by molar-refractivity contribution is -0.870. The number of nitrogens with zero attached hydrogens (tertiary/aromatic N) is 1. The number of hydrogen-bond donors (Lipinski definition) is 0. The quantitative estimate of drug-likeness (QED) is 0.0256. The first-order chi connectivity index (χ1) is 38.1. The van der Waals surface area contributed by atoms with Gasteiger partial charge in [0, 0.05) is 12.8 Å². The Labute approximate surface area is 485 Å². The highest BCUT2D eigenvalue weighted by atomic mass is 16.7. The molecule has 0 fully saturated rings. The van der Waals surface area contributed by atoms with E-state index in [2.05, 4.69) is 13.8 Å². The van der Waals surface area contributed by atoms with E-state index >= 15 is 0 Å². The van der Waals surface area contributed by atoms with Gasteiger partial charge in [-0.25, -0.2) is 0 Å². The van der Waals surface area contributed by atoms with E-state index < -0.39 is 24.3 Å². The fourth-order valence-corrected chi connectivity index (χ4v) is 10.8. The summed E-state index contributed by atoms with van der Waals surface area (Å²) >= 11 is 0. The molecule has 0 amide bonds. The highest BCUT2D eigenvalue weighted by Crippen LogP contribution is 2.19. The summed E-state index contributed by atoms with van der Waals surface area (Å²) in [5.74, 6) is -2.25. The van der Waals surface area contributed by atoms with Crippen LogP contribution in [-0.4, -0.2) is 82.3 Å². The van der Waals surface area contributed by atoms with Crippen LogP contribution >= 0.6 is 0 Å². The second-order valence-corrected chi connectivity index (χ2v) is 25.2. The van der Waals surface area contributed by atoms with Gasteiger partial charge in [0.05, 0.1) is 40.3 Å². The zero-order chi connectivity index (χ0) is 56.9. The van der Waals surface area contributed by atoms with Gasteiger partial charge in [-0.2, -0.15) is 0 Å². The minimum absolute atomic E-state index is 0.153. The van der Waals surface area contributed by atoms with Crippen molar-refractivity contribution >= 4 is 17.9 Å². The zero-order valence-corrected chi connectivity index (χ0v) is 53.1. The summed E-state index contributed by atoms with van der Waals surface area (Å²) in [6.07, 6.45) is 69.2.